The smallest absolute Gasteiger partial charge is 0.337 e. The Labute approximate surface area is 198 Å². The Balaban J connectivity index is 1.30. The molecule has 9 nitrogen and oxygen atoms in total. The second-order valence-corrected chi connectivity index (χ2v) is 9.74. The minimum absolute atomic E-state index is 0.0420. The molecule has 0 aromatic heterocycles. The molecule has 178 valence electrons. The van der Waals surface area contributed by atoms with Crippen molar-refractivity contribution in [3.8, 4) is 0 Å². The van der Waals surface area contributed by atoms with Crippen LogP contribution in [0.4, 0.5) is 4.79 Å². The summed E-state index contributed by atoms with van der Waals surface area (Å²) in [4.78, 5) is 54.4. The molecule has 2 saturated heterocycles. The van der Waals surface area contributed by atoms with Crippen molar-refractivity contribution in [3.63, 3.8) is 0 Å². The van der Waals surface area contributed by atoms with Crippen molar-refractivity contribution in [1.29, 1.82) is 0 Å². The number of imide groups is 1. The number of amides is 5. The van der Waals surface area contributed by atoms with Gasteiger partial charge in [-0.25, -0.2) is 4.79 Å². The maximum atomic E-state index is 12.9. The van der Waals surface area contributed by atoms with E-state index in [0.717, 1.165) is 17.9 Å². The minimum Gasteiger partial charge on any atom is -0.337 e. The monoisotopic (exact) mass is 475 g/mol. The first kappa shape index (κ1) is 23.5. The van der Waals surface area contributed by atoms with Gasteiger partial charge in [-0.3, -0.25) is 24.7 Å². The van der Waals surface area contributed by atoms with Gasteiger partial charge in [-0.15, -0.1) is 0 Å². The highest BCUT2D eigenvalue weighted by Crippen LogP contribution is 2.35. The van der Waals surface area contributed by atoms with Crippen LogP contribution in [0.5, 0.6) is 0 Å². The fourth-order valence-corrected chi connectivity index (χ4v) is 5.01. The number of hydrogen-bond donors (Lipinski definition) is 2. The fraction of sp³-hybridized carbons (Fsp3) is 0.565. The number of nitrogens with zero attached hydrogens (tertiary/aromatic N) is 3. The molecular weight excluding hydrogens is 446 g/mol. The van der Waals surface area contributed by atoms with E-state index in [4.69, 9.17) is 11.6 Å². The number of halogens is 1. The lowest BCUT2D eigenvalue weighted by Gasteiger charge is -2.33. The van der Waals surface area contributed by atoms with Gasteiger partial charge in [0.15, 0.2) is 0 Å². The van der Waals surface area contributed by atoms with Crippen molar-refractivity contribution < 1.29 is 19.2 Å². The SMILES string of the molecule is CC1CCC2(CC1)NC(=O)N(NC(=O)CN1CCCN(C(=O)c3cccc(Cl)c3)CC1)C2=O. The summed E-state index contributed by atoms with van der Waals surface area (Å²) in [6, 6.07) is 6.29. The largest absolute Gasteiger partial charge is 0.344 e. The molecule has 4 rings (SSSR count). The van der Waals surface area contributed by atoms with Crippen LogP contribution in [-0.4, -0.2) is 76.8 Å². The Hall–Kier alpha value is -2.65. The lowest BCUT2D eigenvalue weighted by atomic mass is 9.77. The molecule has 3 fully saturated rings. The molecule has 10 heteroatoms. The Morgan fingerprint density at radius 1 is 1.15 bits per heavy atom. The first-order valence-electron chi connectivity index (χ1n) is 11.5. The van der Waals surface area contributed by atoms with Crippen LogP contribution in [0.25, 0.3) is 0 Å². The molecule has 33 heavy (non-hydrogen) atoms. The van der Waals surface area contributed by atoms with Crippen LogP contribution in [0.2, 0.25) is 5.02 Å². The third kappa shape index (κ3) is 5.14. The average molecular weight is 476 g/mol. The number of nitrogens with one attached hydrogen (secondary N) is 2. The molecule has 3 aliphatic rings. The van der Waals surface area contributed by atoms with Gasteiger partial charge in [0.05, 0.1) is 6.54 Å². The molecule has 1 spiro atoms. The van der Waals surface area contributed by atoms with Crippen molar-refractivity contribution in [3.05, 3.63) is 34.9 Å². The first-order chi connectivity index (χ1) is 15.8. The van der Waals surface area contributed by atoms with Gasteiger partial charge in [0.1, 0.15) is 5.54 Å². The average Bonchev–Trinajstić information content (AvgIpc) is 2.93. The van der Waals surface area contributed by atoms with Gasteiger partial charge in [-0.1, -0.05) is 24.6 Å². The van der Waals surface area contributed by atoms with Gasteiger partial charge in [-0.05, 0) is 56.2 Å². The molecule has 1 saturated carbocycles. The van der Waals surface area contributed by atoms with Crippen LogP contribution < -0.4 is 10.7 Å². The van der Waals surface area contributed by atoms with Crippen LogP contribution in [0, 0.1) is 5.92 Å². The van der Waals surface area contributed by atoms with Gasteiger partial charge in [0.2, 0.25) is 0 Å². The fourth-order valence-electron chi connectivity index (χ4n) is 4.82. The molecule has 1 aromatic carbocycles. The predicted octanol–water partition coefficient (Wildman–Crippen LogP) is 2.02. The highest BCUT2D eigenvalue weighted by Gasteiger charge is 2.52. The molecule has 2 heterocycles. The number of carbonyl (C=O) groups is 4. The summed E-state index contributed by atoms with van der Waals surface area (Å²) in [7, 11) is 0. The summed E-state index contributed by atoms with van der Waals surface area (Å²) in [6.07, 6.45) is 3.63. The first-order valence-corrected chi connectivity index (χ1v) is 11.9. The third-order valence-electron chi connectivity index (χ3n) is 6.84. The summed E-state index contributed by atoms with van der Waals surface area (Å²) in [5.74, 6) is -0.358. The van der Waals surface area contributed by atoms with Crippen LogP contribution in [-0.2, 0) is 9.59 Å². The summed E-state index contributed by atoms with van der Waals surface area (Å²) in [5, 5.41) is 4.15. The van der Waals surface area contributed by atoms with Crippen molar-refractivity contribution >= 4 is 35.4 Å². The minimum atomic E-state index is -0.888. The summed E-state index contributed by atoms with van der Waals surface area (Å²) in [6.45, 7) is 4.38. The number of hydrazine groups is 1. The molecule has 0 bridgehead atoms. The van der Waals surface area contributed by atoms with Crippen LogP contribution in [0.15, 0.2) is 24.3 Å². The van der Waals surface area contributed by atoms with Crippen LogP contribution in [0.3, 0.4) is 0 Å². The maximum absolute atomic E-state index is 12.9. The lowest BCUT2D eigenvalue weighted by molar-refractivity contribution is -0.140. The number of rotatable bonds is 4. The summed E-state index contributed by atoms with van der Waals surface area (Å²) >= 11 is 6.01. The summed E-state index contributed by atoms with van der Waals surface area (Å²) < 4.78 is 0. The molecule has 5 amide bonds. The second kappa shape index (κ2) is 9.69. The molecular formula is C23H30ClN5O4. The van der Waals surface area contributed by atoms with E-state index < -0.39 is 17.5 Å². The van der Waals surface area contributed by atoms with Gasteiger partial charge in [-0.2, -0.15) is 5.01 Å². The number of benzene rings is 1. The number of urea groups is 1. The van der Waals surface area contributed by atoms with Crippen molar-refractivity contribution in [2.45, 2.75) is 44.6 Å². The lowest BCUT2D eigenvalue weighted by Crippen LogP contribution is -2.53. The van der Waals surface area contributed by atoms with E-state index in [-0.39, 0.29) is 18.4 Å². The molecule has 0 atom stereocenters. The Kier molecular flexibility index (Phi) is 6.90. The zero-order chi connectivity index (χ0) is 23.6. The standard InChI is InChI=1S/C23H30ClN5O4/c1-16-6-8-23(9-7-16)21(32)29(22(33)25-23)26-19(30)15-27-10-3-11-28(13-12-27)20(31)17-4-2-5-18(24)14-17/h2,4-5,14,16H,3,6-13,15H2,1H3,(H,25,33)(H,26,30). The van der Waals surface area contributed by atoms with Crippen LogP contribution >= 0.6 is 11.6 Å². The zero-order valence-electron chi connectivity index (χ0n) is 18.8. The van der Waals surface area contributed by atoms with Crippen molar-refractivity contribution in [1.82, 2.24) is 25.6 Å². The van der Waals surface area contributed by atoms with Gasteiger partial charge < -0.3 is 10.2 Å². The Morgan fingerprint density at radius 3 is 2.64 bits per heavy atom. The van der Waals surface area contributed by atoms with E-state index in [2.05, 4.69) is 17.7 Å². The van der Waals surface area contributed by atoms with E-state index in [1.54, 1.807) is 29.2 Å². The Morgan fingerprint density at radius 2 is 1.91 bits per heavy atom. The molecule has 2 aliphatic heterocycles. The van der Waals surface area contributed by atoms with E-state index in [0.29, 0.717) is 61.9 Å². The van der Waals surface area contributed by atoms with E-state index in [1.165, 1.54) is 0 Å². The normalized spacial score (nSPS) is 26.3. The molecule has 2 N–H and O–H groups in total. The highest BCUT2D eigenvalue weighted by molar-refractivity contribution is 6.30. The van der Waals surface area contributed by atoms with Gasteiger partial charge in [0, 0.05) is 36.8 Å². The molecule has 0 radical (unpaired) electrons. The van der Waals surface area contributed by atoms with E-state index >= 15 is 0 Å². The highest BCUT2D eigenvalue weighted by atomic mass is 35.5. The maximum Gasteiger partial charge on any atom is 0.344 e. The number of hydrogen-bond acceptors (Lipinski definition) is 5. The molecule has 1 aliphatic carbocycles. The van der Waals surface area contributed by atoms with Crippen molar-refractivity contribution in [2.24, 2.45) is 5.92 Å². The van der Waals surface area contributed by atoms with Crippen molar-refractivity contribution in [2.75, 3.05) is 32.7 Å². The molecule has 1 aromatic rings. The van der Waals surface area contributed by atoms with Gasteiger partial charge >= 0.3 is 6.03 Å². The van der Waals surface area contributed by atoms with Gasteiger partial charge in [0.25, 0.3) is 17.7 Å². The predicted molar refractivity (Wildman–Crippen MR) is 122 cm³/mol. The van der Waals surface area contributed by atoms with E-state index in [1.807, 2.05) is 4.90 Å². The molecule has 0 unspecified atom stereocenters. The Bertz CT molecular complexity index is 947. The topological polar surface area (TPSA) is 102 Å². The van der Waals surface area contributed by atoms with E-state index in [9.17, 15) is 19.2 Å². The third-order valence-corrected chi connectivity index (χ3v) is 7.08. The number of carbonyl (C=O) groups excluding carboxylic acids is 4. The zero-order valence-corrected chi connectivity index (χ0v) is 19.6. The second-order valence-electron chi connectivity index (χ2n) is 9.30. The quantitative estimate of drug-likeness (QED) is 0.649. The summed E-state index contributed by atoms with van der Waals surface area (Å²) in [5.41, 5.74) is 2.14. The van der Waals surface area contributed by atoms with Crippen LogP contribution in [0.1, 0.15) is 49.4 Å².